The maximum atomic E-state index is 12.5. The maximum absolute atomic E-state index is 12.5. The Morgan fingerprint density at radius 3 is 2.60 bits per heavy atom. The average molecular weight is 378 g/mol. The minimum absolute atomic E-state index is 0.153. The first-order valence-corrected chi connectivity index (χ1v) is 9.60. The molecule has 3 rings (SSSR count). The number of rotatable bonds is 6. The van der Waals surface area contributed by atoms with E-state index in [9.17, 15) is 13.2 Å². The number of anilines is 1. The monoisotopic (exact) mass is 378 g/mol. The Labute approximate surface area is 148 Å². The van der Waals surface area contributed by atoms with E-state index in [1.807, 2.05) is 0 Å². The topological polar surface area (TPSA) is 98.5 Å². The molecule has 0 fully saturated rings. The lowest BCUT2D eigenvalue weighted by atomic mass is 10.2. The van der Waals surface area contributed by atoms with Crippen LogP contribution in [0, 0.1) is 0 Å². The van der Waals surface area contributed by atoms with Crippen LogP contribution in [0.15, 0.2) is 57.5 Å². The summed E-state index contributed by atoms with van der Waals surface area (Å²) < 4.78 is 37.2. The molecule has 0 aliphatic rings. The van der Waals surface area contributed by atoms with Gasteiger partial charge in [0.25, 0.3) is 10.0 Å². The number of carbonyl (C=O) groups is 1. The number of esters is 1. The summed E-state index contributed by atoms with van der Waals surface area (Å²) in [5, 5.41) is 3.78. The van der Waals surface area contributed by atoms with Gasteiger partial charge in [-0.25, -0.2) is 13.2 Å². The molecule has 0 saturated carbocycles. The summed E-state index contributed by atoms with van der Waals surface area (Å²) in [5.41, 5.74) is 1.28. The zero-order valence-electron chi connectivity index (χ0n) is 13.1. The number of thiophene rings is 1. The number of benzene rings is 1. The Morgan fingerprint density at radius 2 is 1.96 bits per heavy atom. The van der Waals surface area contributed by atoms with Crippen LogP contribution in [-0.4, -0.2) is 26.2 Å². The molecule has 0 unspecified atom stereocenters. The molecule has 0 aliphatic heterocycles. The molecule has 0 radical (unpaired) electrons. The molecular weight excluding hydrogens is 364 g/mol. The van der Waals surface area contributed by atoms with Crippen molar-refractivity contribution in [2.45, 2.75) is 11.1 Å². The molecule has 0 spiro atoms. The molecule has 0 saturated heterocycles. The first-order chi connectivity index (χ1) is 12.0. The highest BCUT2D eigenvalue weighted by Gasteiger charge is 2.18. The van der Waals surface area contributed by atoms with Crippen LogP contribution >= 0.6 is 11.3 Å². The third-order valence-corrected chi connectivity index (χ3v) is 6.17. The zero-order valence-corrected chi connectivity index (χ0v) is 14.8. The number of ether oxygens (including phenoxy) is 1. The van der Waals surface area contributed by atoms with Gasteiger partial charge in [0.2, 0.25) is 0 Å². The molecule has 3 aromatic rings. The Morgan fingerprint density at radius 1 is 1.20 bits per heavy atom. The summed E-state index contributed by atoms with van der Waals surface area (Å²) in [7, 11) is -3.73. The first kappa shape index (κ1) is 17.2. The Bertz CT molecular complexity index is 960. The van der Waals surface area contributed by atoms with Crippen LogP contribution in [0.3, 0.4) is 0 Å². The minimum Gasteiger partial charge on any atom is -0.462 e. The third kappa shape index (κ3) is 3.89. The predicted molar refractivity (Wildman–Crippen MR) is 93.0 cm³/mol. The van der Waals surface area contributed by atoms with Gasteiger partial charge in [-0.1, -0.05) is 5.16 Å². The van der Waals surface area contributed by atoms with Gasteiger partial charge in [0.15, 0.2) is 0 Å². The van der Waals surface area contributed by atoms with Crippen LogP contribution < -0.4 is 4.72 Å². The summed E-state index contributed by atoms with van der Waals surface area (Å²) in [6.07, 6.45) is 1.42. The third-order valence-electron chi connectivity index (χ3n) is 3.18. The fourth-order valence-corrected chi connectivity index (χ4v) is 4.36. The second-order valence-corrected chi connectivity index (χ2v) is 7.90. The summed E-state index contributed by atoms with van der Waals surface area (Å²) in [6, 6.07) is 10.9. The smallest absolute Gasteiger partial charge is 0.338 e. The second kappa shape index (κ2) is 7.08. The molecule has 2 aromatic heterocycles. The molecule has 2 heterocycles. The molecule has 9 heteroatoms. The van der Waals surface area contributed by atoms with Crippen molar-refractivity contribution in [1.29, 1.82) is 0 Å². The van der Waals surface area contributed by atoms with Crippen molar-refractivity contribution in [2.24, 2.45) is 0 Å². The van der Waals surface area contributed by atoms with Crippen LogP contribution in [0.1, 0.15) is 17.3 Å². The normalized spacial score (nSPS) is 11.2. The van der Waals surface area contributed by atoms with Crippen LogP contribution in [0.25, 0.3) is 10.6 Å². The molecule has 7 nitrogen and oxygen atoms in total. The average Bonchev–Trinajstić information content (AvgIpc) is 3.27. The molecule has 25 heavy (non-hydrogen) atoms. The van der Waals surface area contributed by atoms with E-state index in [-0.39, 0.29) is 10.8 Å². The summed E-state index contributed by atoms with van der Waals surface area (Å²) in [4.78, 5) is 12.3. The second-order valence-electron chi connectivity index (χ2n) is 4.91. The van der Waals surface area contributed by atoms with Gasteiger partial charge in [0, 0.05) is 11.8 Å². The highest BCUT2D eigenvalue weighted by Crippen LogP contribution is 2.30. The standard InChI is InChI=1S/C16H14N2O5S2/c1-2-22-16(19)11-3-5-12(6-4-11)18-25(20,21)15-8-7-14(24-15)13-9-10-23-17-13/h3-10,18H,2H2,1H3. The Balaban J connectivity index is 1.76. The molecule has 0 aliphatic carbocycles. The van der Waals surface area contributed by atoms with Gasteiger partial charge in [0.1, 0.15) is 16.2 Å². The van der Waals surface area contributed by atoms with E-state index >= 15 is 0 Å². The first-order valence-electron chi connectivity index (χ1n) is 7.30. The molecule has 0 amide bonds. The van der Waals surface area contributed by atoms with E-state index in [1.165, 1.54) is 36.6 Å². The highest BCUT2D eigenvalue weighted by molar-refractivity contribution is 7.94. The van der Waals surface area contributed by atoms with Gasteiger partial charge >= 0.3 is 5.97 Å². The van der Waals surface area contributed by atoms with E-state index in [2.05, 4.69) is 9.88 Å². The number of sulfonamides is 1. The molecule has 0 atom stereocenters. The Hall–Kier alpha value is -2.65. The van der Waals surface area contributed by atoms with E-state index in [4.69, 9.17) is 9.26 Å². The molecular formula is C16H14N2O5S2. The molecule has 1 aromatic carbocycles. The summed E-state index contributed by atoms with van der Waals surface area (Å²) in [6.45, 7) is 1.99. The molecule has 0 bridgehead atoms. The highest BCUT2D eigenvalue weighted by atomic mass is 32.2. The zero-order chi connectivity index (χ0) is 17.9. The summed E-state index contributed by atoms with van der Waals surface area (Å²) >= 11 is 1.08. The van der Waals surface area contributed by atoms with Crippen molar-refractivity contribution in [3.05, 3.63) is 54.3 Å². The molecule has 130 valence electrons. The van der Waals surface area contributed by atoms with Gasteiger partial charge in [-0.15, -0.1) is 11.3 Å². The van der Waals surface area contributed by atoms with Gasteiger partial charge in [-0.2, -0.15) is 0 Å². The lowest BCUT2D eigenvalue weighted by Gasteiger charge is -2.07. The number of hydrogen-bond donors (Lipinski definition) is 1. The lowest BCUT2D eigenvalue weighted by molar-refractivity contribution is 0.0526. The number of hydrogen-bond acceptors (Lipinski definition) is 7. The van der Waals surface area contributed by atoms with Crippen molar-refractivity contribution < 1.29 is 22.5 Å². The van der Waals surface area contributed by atoms with Gasteiger partial charge in [-0.3, -0.25) is 4.72 Å². The van der Waals surface area contributed by atoms with Gasteiger partial charge in [0.05, 0.1) is 17.0 Å². The van der Waals surface area contributed by atoms with E-state index in [0.29, 0.717) is 21.8 Å². The quantitative estimate of drug-likeness (QED) is 0.660. The summed E-state index contributed by atoms with van der Waals surface area (Å²) in [5.74, 6) is -0.451. The maximum Gasteiger partial charge on any atom is 0.338 e. The van der Waals surface area contributed by atoms with Gasteiger partial charge in [-0.05, 0) is 43.3 Å². The number of aromatic nitrogens is 1. The predicted octanol–water partition coefficient (Wildman–Crippen LogP) is 3.38. The number of nitrogens with zero attached hydrogens (tertiary/aromatic N) is 1. The SMILES string of the molecule is CCOC(=O)c1ccc(NS(=O)(=O)c2ccc(-c3ccon3)s2)cc1. The largest absolute Gasteiger partial charge is 0.462 e. The fourth-order valence-electron chi connectivity index (χ4n) is 2.04. The van der Waals surface area contributed by atoms with Crippen molar-refractivity contribution in [2.75, 3.05) is 11.3 Å². The van der Waals surface area contributed by atoms with Crippen LogP contribution in [0.4, 0.5) is 5.69 Å². The minimum atomic E-state index is -3.73. The fraction of sp³-hybridized carbons (Fsp3) is 0.125. The number of carbonyl (C=O) groups excluding carboxylic acids is 1. The van der Waals surface area contributed by atoms with Crippen molar-refractivity contribution in [3.8, 4) is 10.6 Å². The van der Waals surface area contributed by atoms with E-state index in [1.54, 1.807) is 19.1 Å². The van der Waals surface area contributed by atoms with Crippen molar-refractivity contribution in [3.63, 3.8) is 0 Å². The number of nitrogens with one attached hydrogen (secondary N) is 1. The van der Waals surface area contributed by atoms with Gasteiger partial charge < -0.3 is 9.26 Å². The Kier molecular flexibility index (Phi) is 4.86. The van der Waals surface area contributed by atoms with Crippen LogP contribution in [0.5, 0.6) is 0 Å². The lowest BCUT2D eigenvalue weighted by Crippen LogP contribution is -2.11. The van der Waals surface area contributed by atoms with E-state index in [0.717, 1.165) is 11.3 Å². The van der Waals surface area contributed by atoms with Crippen molar-refractivity contribution >= 4 is 33.0 Å². The van der Waals surface area contributed by atoms with Crippen LogP contribution in [0.2, 0.25) is 0 Å². The van der Waals surface area contributed by atoms with Crippen LogP contribution in [-0.2, 0) is 14.8 Å². The molecule has 1 N–H and O–H groups in total. The van der Waals surface area contributed by atoms with Crippen molar-refractivity contribution in [1.82, 2.24) is 5.16 Å². The van der Waals surface area contributed by atoms with E-state index < -0.39 is 16.0 Å².